The first-order valence-electron chi connectivity index (χ1n) is 8.07. The van der Waals surface area contributed by atoms with E-state index in [-0.39, 0.29) is 11.4 Å². The average Bonchev–Trinajstić information content (AvgIpc) is 2.56. The predicted molar refractivity (Wildman–Crippen MR) is 95.0 cm³/mol. The first kappa shape index (κ1) is 17.7. The maximum atomic E-state index is 12.0. The molecular weight excluding hydrogens is 304 g/mol. The van der Waals surface area contributed by atoms with Crippen LogP contribution in [0.1, 0.15) is 19.4 Å². The lowest BCUT2D eigenvalue weighted by atomic mass is 9.89. The summed E-state index contributed by atoms with van der Waals surface area (Å²) in [6, 6.07) is 9.80. The summed E-state index contributed by atoms with van der Waals surface area (Å²) in [5.41, 5.74) is 0.911. The molecule has 1 heterocycles. The number of carbonyl (C=O) groups excluding carboxylic acids is 1. The number of benzene rings is 1. The number of carbonyl (C=O) groups is 1. The van der Waals surface area contributed by atoms with Gasteiger partial charge in [0.05, 0.1) is 0 Å². The second kappa shape index (κ2) is 8.29. The molecule has 0 aliphatic rings. The van der Waals surface area contributed by atoms with Crippen LogP contribution in [0.2, 0.25) is 0 Å². The van der Waals surface area contributed by atoms with Crippen molar-refractivity contribution in [2.75, 3.05) is 11.9 Å². The fourth-order valence-electron chi connectivity index (χ4n) is 2.42. The van der Waals surface area contributed by atoms with Gasteiger partial charge in [0, 0.05) is 26.0 Å². The lowest BCUT2D eigenvalue weighted by molar-refractivity contribution is 0.247. The smallest absolute Gasteiger partial charge is 0.320 e. The van der Waals surface area contributed by atoms with E-state index in [1.165, 1.54) is 16.3 Å². The fourth-order valence-corrected chi connectivity index (χ4v) is 2.42. The van der Waals surface area contributed by atoms with Gasteiger partial charge in [0.1, 0.15) is 0 Å². The minimum atomic E-state index is -0.412. The van der Waals surface area contributed by atoms with Crippen molar-refractivity contribution in [3.8, 4) is 0 Å². The van der Waals surface area contributed by atoms with Crippen molar-refractivity contribution in [1.82, 2.24) is 14.9 Å². The summed E-state index contributed by atoms with van der Waals surface area (Å²) in [4.78, 5) is 27.8. The lowest BCUT2D eigenvalue weighted by Crippen LogP contribution is -2.37. The Morgan fingerprint density at radius 1 is 1.25 bits per heavy atom. The van der Waals surface area contributed by atoms with Crippen molar-refractivity contribution >= 4 is 11.8 Å². The van der Waals surface area contributed by atoms with Crippen LogP contribution in [0.15, 0.2) is 47.5 Å². The number of anilines is 1. The van der Waals surface area contributed by atoms with E-state index in [0.29, 0.717) is 18.4 Å². The van der Waals surface area contributed by atoms with E-state index in [9.17, 15) is 9.59 Å². The van der Waals surface area contributed by atoms with Crippen LogP contribution < -0.4 is 16.2 Å². The lowest BCUT2D eigenvalue weighted by Gasteiger charge is -2.21. The average molecular weight is 328 g/mol. The summed E-state index contributed by atoms with van der Waals surface area (Å²) < 4.78 is 1.37. The first-order valence-corrected chi connectivity index (χ1v) is 8.07. The van der Waals surface area contributed by atoms with Gasteiger partial charge in [0.25, 0.3) is 5.56 Å². The summed E-state index contributed by atoms with van der Waals surface area (Å²) in [6.07, 6.45) is 3.91. The van der Waals surface area contributed by atoms with Crippen molar-refractivity contribution in [3.63, 3.8) is 0 Å². The van der Waals surface area contributed by atoms with E-state index >= 15 is 0 Å². The van der Waals surface area contributed by atoms with E-state index in [2.05, 4.69) is 41.6 Å². The van der Waals surface area contributed by atoms with Gasteiger partial charge < -0.3 is 9.88 Å². The van der Waals surface area contributed by atoms with Crippen LogP contribution in [-0.4, -0.2) is 22.1 Å². The molecule has 128 valence electrons. The second-order valence-corrected chi connectivity index (χ2v) is 6.22. The molecule has 1 aromatic carbocycles. The number of rotatable bonds is 6. The topological polar surface area (TPSA) is 76.0 Å². The molecule has 0 saturated heterocycles. The van der Waals surface area contributed by atoms with E-state index in [1.807, 2.05) is 18.2 Å². The monoisotopic (exact) mass is 328 g/mol. The van der Waals surface area contributed by atoms with Gasteiger partial charge in [0.2, 0.25) is 5.82 Å². The molecule has 0 fully saturated rings. The molecule has 2 aromatic rings. The number of nitrogens with one attached hydrogen (secondary N) is 2. The Kier molecular flexibility index (Phi) is 6.12. The number of hydrogen-bond donors (Lipinski definition) is 2. The number of nitrogens with zero attached hydrogens (tertiary/aromatic N) is 2. The van der Waals surface area contributed by atoms with Crippen molar-refractivity contribution in [2.45, 2.75) is 20.3 Å². The molecule has 1 atom stereocenters. The molecule has 2 amide bonds. The fraction of sp³-hybridized carbons (Fsp3) is 0.389. The highest BCUT2D eigenvalue weighted by Gasteiger charge is 2.16. The summed E-state index contributed by atoms with van der Waals surface area (Å²) >= 11 is 0. The summed E-state index contributed by atoms with van der Waals surface area (Å²) in [5, 5.41) is 5.36. The van der Waals surface area contributed by atoms with Gasteiger partial charge in [-0.05, 0) is 23.8 Å². The number of aromatic nitrogens is 2. The van der Waals surface area contributed by atoms with Crippen molar-refractivity contribution in [3.05, 3.63) is 58.6 Å². The molecule has 0 bridgehead atoms. The zero-order chi connectivity index (χ0) is 17.5. The van der Waals surface area contributed by atoms with Gasteiger partial charge in [0.15, 0.2) is 0 Å². The van der Waals surface area contributed by atoms with Crippen LogP contribution in [-0.2, 0) is 13.5 Å². The molecule has 6 nitrogen and oxygen atoms in total. The SMILES string of the molecule is CC(C)[C@H](CNC(=O)Nc1nccn(C)c1=O)Cc1ccccc1. The highest BCUT2D eigenvalue weighted by molar-refractivity contribution is 5.87. The molecule has 24 heavy (non-hydrogen) atoms. The quantitative estimate of drug-likeness (QED) is 0.855. The predicted octanol–water partition coefficient (Wildman–Crippen LogP) is 2.42. The molecule has 0 spiro atoms. The third kappa shape index (κ3) is 4.94. The van der Waals surface area contributed by atoms with E-state index in [0.717, 1.165) is 6.42 Å². The molecule has 0 aliphatic heterocycles. The van der Waals surface area contributed by atoms with Gasteiger partial charge in [-0.2, -0.15) is 0 Å². The Morgan fingerprint density at radius 3 is 2.62 bits per heavy atom. The Hall–Kier alpha value is -2.63. The first-order chi connectivity index (χ1) is 11.5. The Balaban J connectivity index is 1.93. The molecule has 0 saturated carbocycles. The zero-order valence-electron chi connectivity index (χ0n) is 14.3. The van der Waals surface area contributed by atoms with Crippen molar-refractivity contribution in [2.24, 2.45) is 18.9 Å². The highest BCUT2D eigenvalue weighted by Crippen LogP contribution is 2.16. The van der Waals surface area contributed by atoms with Crippen LogP contribution in [0.4, 0.5) is 10.6 Å². The Morgan fingerprint density at radius 2 is 1.96 bits per heavy atom. The molecule has 1 aromatic heterocycles. The third-order valence-corrected chi connectivity index (χ3v) is 4.06. The molecular formula is C18H24N4O2. The zero-order valence-corrected chi connectivity index (χ0v) is 14.3. The molecule has 2 rings (SSSR count). The largest absolute Gasteiger partial charge is 0.338 e. The summed E-state index contributed by atoms with van der Waals surface area (Å²) in [5.74, 6) is 0.764. The van der Waals surface area contributed by atoms with Crippen LogP contribution in [0.3, 0.4) is 0 Å². The highest BCUT2D eigenvalue weighted by atomic mass is 16.2. The van der Waals surface area contributed by atoms with Crippen molar-refractivity contribution in [1.29, 1.82) is 0 Å². The van der Waals surface area contributed by atoms with E-state index in [1.54, 1.807) is 13.2 Å². The van der Waals surface area contributed by atoms with Crippen LogP contribution in [0.25, 0.3) is 0 Å². The van der Waals surface area contributed by atoms with Crippen LogP contribution >= 0.6 is 0 Å². The standard InChI is InChI=1S/C18H24N4O2/c1-13(2)15(11-14-7-5-4-6-8-14)12-20-18(24)21-16-17(23)22(3)10-9-19-16/h4-10,13,15H,11-12H2,1-3H3,(H2,19,20,21,24)/t15-/m0/s1. The Labute approximate surface area is 141 Å². The van der Waals surface area contributed by atoms with E-state index < -0.39 is 6.03 Å². The normalized spacial score (nSPS) is 12.0. The molecule has 0 aliphatic carbocycles. The number of hydrogen-bond acceptors (Lipinski definition) is 3. The molecule has 6 heteroatoms. The summed E-state index contributed by atoms with van der Waals surface area (Å²) in [7, 11) is 1.61. The van der Waals surface area contributed by atoms with Crippen LogP contribution in [0, 0.1) is 11.8 Å². The number of aryl methyl sites for hydroxylation is 1. The van der Waals surface area contributed by atoms with Gasteiger partial charge in [-0.25, -0.2) is 9.78 Å². The Bertz CT molecular complexity index is 725. The van der Waals surface area contributed by atoms with Gasteiger partial charge in [-0.15, -0.1) is 0 Å². The maximum Gasteiger partial charge on any atom is 0.320 e. The van der Waals surface area contributed by atoms with Crippen molar-refractivity contribution < 1.29 is 4.79 Å². The minimum absolute atomic E-state index is 0.0293. The third-order valence-electron chi connectivity index (χ3n) is 4.06. The molecule has 0 radical (unpaired) electrons. The molecule has 0 unspecified atom stereocenters. The van der Waals surface area contributed by atoms with E-state index in [4.69, 9.17) is 0 Å². The number of amides is 2. The van der Waals surface area contributed by atoms with Crippen LogP contribution in [0.5, 0.6) is 0 Å². The summed E-state index contributed by atoms with van der Waals surface area (Å²) in [6.45, 7) is 4.81. The minimum Gasteiger partial charge on any atom is -0.338 e. The molecule has 2 N–H and O–H groups in total. The van der Waals surface area contributed by atoms with Gasteiger partial charge in [-0.1, -0.05) is 44.2 Å². The second-order valence-electron chi connectivity index (χ2n) is 6.22. The van der Waals surface area contributed by atoms with Gasteiger partial charge >= 0.3 is 6.03 Å². The maximum absolute atomic E-state index is 12.0. The number of urea groups is 1. The van der Waals surface area contributed by atoms with Gasteiger partial charge in [-0.3, -0.25) is 10.1 Å².